The number of hydrogen-bond donors (Lipinski definition) is 0. The number of rotatable bonds is 5. The Bertz CT molecular complexity index is 2880. The van der Waals surface area contributed by atoms with E-state index in [1.807, 2.05) is 0 Å². The van der Waals surface area contributed by atoms with Crippen LogP contribution in [0.25, 0.3) is 70.9 Å². The summed E-state index contributed by atoms with van der Waals surface area (Å²) in [6, 6.07) is 70.7. The maximum atomic E-state index is 2.40. The highest BCUT2D eigenvalue weighted by Gasteiger charge is 2.18. The van der Waals surface area contributed by atoms with Crippen molar-refractivity contribution in [2.24, 2.45) is 0 Å². The molecular formula is C48H32N2. The van der Waals surface area contributed by atoms with E-state index in [-0.39, 0.29) is 0 Å². The van der Waals surface area contributed by atoms with Gasteiger partial charge in [-0.2, -0.15) is 0 Å². The van der Waals surface area contributed by atoms with Crippen LogP contribution in [0.5, 0.6) is 0 Å². The third-order valence-corrected chi connectivity index (χ3v) is 10.1. The van der Waals surface area contributed by atoms with Crippen LogP contribution in [0.3, 0.4) is 0 Å². The van der Waals surface area contributed by atoms with Crippen LogP contribution in [0.2, 0.25) is 0 Å². The van der Waals surface area contributed by atoms with Gasteiger partial charge in [0, 0.05) is 33.5 Å². The lowest BCUT2D eigenvalue weighted by Gasteiger charge is -2.26. The average molecular weight is 637 g/mol. The molecule has 0 bridgehead atoms. The number of nitrogens with zero attached hydrogens (tertiary/aromatic N) is 2. The summed E-state index contributed by atoms with van der Waals surface area (Å²) in [6.07, 6.45) is 0. The number of para-hydroxylation sites is 2. The van der Waals surface area contributed by atoms with Gasteiger partial charge < -0.3 is 9.47 Å². The van der Waals surface area contributed by atoms with Crippen molar-refractivity contribution in [3.05, 3.63) is 194 Å². The Morgan fingerprint density at radius 1 is 0.300 bits per heavy atom. The maximum Gasteiger partial charge on any atom is 0.0561 e. The normalized spacial score (nSPS) is 11.6. The maximum absolute atomic E-state index is 2.40. The summed E-state index contributed by atoms with van der Waals surface area (Å²) in [5.74, 6) is 0. The lowest BCUT2D eigenvalue weighted by atomic mass is 9.98. The molecule has 0 radical (unpaired) electrons. The van der Waals surface area contributed by atoms with E-state index in [9.17, 15) is 0 Å². The van der Waals surface area contributed by atoms with Crippen LogP contribution in [0.4, 0.5) is 17.1 Å². The van der Waals surface area contributed by atoms with Crippen LogP contribution in [0, 0.1) is 0 Å². The van der Waals surface area contributed by atoms with Crippen LogP contribution >= 0.6 is 0 Å². The van der Waals surface area contributed by atoms with E-state index >= 15 is 0 Å². The Morgan fingerprint density at radius 2 is 0.780 bits per heavy atom. The molecule has 0 aliphatic carbocycles. The molecule has 0 aliphatic rings. The second kappa shape index (κ2) is 11.5. The molecule has 0 fully saturated rings. The number of anilines is 3. The van der Waals surface area contributed by atoms with Gasteiger partial charge in [0.1, 0.15) is 0 Å². The van der Waals surface area contributed by atoms with Crippen molar-refractivity contribution in [1.82, 2.24) is 4.57 Å². The molecule has 1 aromatic heterocycles. The van der Waals surface area contributed by atoms with Gasteiger partial charge in [-0.15, -0.1) is 0 Å². The number of benzene rings is 9. The van der Waals surface area contributed by atoms with Crippen LogP contribution < -0.4 is 4.90 Å². The van der Waals surface area contributed by atoms with Gasteiger partial charge in [-0.25, -0.2) is 0 Å². The van der Waals surface area contributed by atoms with Gasteiger partial charge >= 0.3 is 0 Å². The molecule has 0 unspecified atom stereocenters. The lowest BCUT2D eigenvalue weighted by Crippen LogP contribution is -2.10. The topological polar surface area (TPSA) is 8.17 Å². The predicted octanol–water partition coefficient (Wildman–Crippen LogP) is 13.4. The summed E-state index contributed by atoms with van der Waals surface area (Å²) in [7, 11) is 0. The minimum atomic E-state index is 1.11. The first-order chi connectivity index (χ1) is 24.8. The van der Waals surface area contributed by atoms with E-state index in [0.29, 0.717) is 0 Å². The molecule has 0 saturated heterocycles. The van der Waals surface area contributed by atoms with E-state index in [1.165, 1.54) is 65.3 Å². The third kappa shape index (κ3) is 4.73. The fourth-order valence-electron chi connectivity index (χ4n) is 7.64. The molecule has 234 valence electrons. The molecule has 10 aromatic rings. The summed E-state index contributed by atoms with van der Waals surface area (Å²) in [6.45, 7) is 0. The summed E-state index contributed by atoms with van der Waals surface area (Å²) in [5.41, 5.74) is 9.32. The SMILES string of the molecule is c1ccc(-n2c3ccccc3c3ccc(N(c4ccc5ccccc5c4)c4ccc5ccc(-c6ccc7ccccc7c6)cc5c4)cc32)cc1. The van der Waals surface area contributed by atoms with E-state index < -0.39 is 0 Å². The van der Waals surface area contributed by atoms with Crippen molar-refractivity contribution in [3.63, 3.8) is 0 Å². The first-order valence-corrected chi connectivity index (χ1v) is 17.2. The number of fused-ring (bicyclic) bond motifs is 6. The smallest absolute Gasteiger partial charge is 0.0561 e. The molecule has 0 amide bonds. The molecule has 2 nitrogen and oxygen atoms in total. The van der Waals surface area contributed by atoms with E-state index in [1.54, 1.807) is 0 Å². The molecule has 9 aromatic carbocycles. The quantitative estimate of drug-likeness (QED) is 0.182. The highest BCUT2D eigenvalue weighted by Crippen LogP contribution is 2.41. The zero-order valence-corrected chi connectivity index (χ0v) is 27.4. The van der Waals surface area contributed by atoms with Crippen molar-refractivity contribution >= 4 is 71.2 Å². The van der Waals surface area contributed by atoms with Gasteiger partial charge in [0.25, 0.3) is 0 Å². The largest absolute Gasteiger partial charge is 0.310 e. The van der Waals surface area contributed by atoms with Crippen LogP contribution in [-0.4, -0.2) is 4.57 Å². The second-order valence-corrected chi connectivity index (χ2v) is 13.1. The Labute approximate surface area is 290 Å². The standard InChI is InChI=1S/C48H32N2/c1-2-14-41(15-3-1)50-47-17-9-8-16-45(47)46-27-26-44(32-48(46)50)49(42-24-22-34-11-5-7-13-37(34)30-42)43-25-23-35-19-21-39(29-40(35)31-43)38-20-18-33-10-4-6-12-36(33)28-38/h1-32H. The zero-order chi connectivity index (χ0) is 33.0. The van der Waals surface area contributed by atoms with Crippen LogP contribution in [-0.2, 0) is 0 Å². The van der Waals surface area contributed by atoms with Gasteiger partial charge in [0.15, 0.2) is 0 Å². The molecule has 0 atom stereocenters. The number of aromatic nitrogens is 1. The first-order valence-electron chi connectivity index (χ1n) is 17.2. The van der Waals surface area contributed by atoms with Gasteiger partial charge in [-0.3, -0.25) is 0 Å². The highest BCUT2D eigenvalue weighted by molar-refractivity contribution is 6.10. The monoisotopic (exact) mass is 636 g/mol. The van der Waals surface area contributed by atoms with Gasteiger partial charge in [-0.1, -0.05) is 127 Å². The Kier molecular flexibility index (Phi) is 6.53. The van der Waals surface area contributed by atoms with Crippen LogP contribution in [0.15, 0.2) is 194 Å². The van der Waals surface area contributed by atoms with Gasteiger partial charge in [-0.05, 0) is 110 Å². The molecule has 10 rings (SSSR count). The Balaban J connectivity index is 1.18. The predicted molar refractivity (Wildman–Crippen MR) is 213 cm³/mol. The second-order valence-electron chi connectivity index (χ2n) is 13.1. The Morgan fingerprint density at radius 3 is 1.50 bits per heavy atom. The highest BCUT2D eigenvalue weighted by atomic mass is 15.1. The van der Waals surface area contributed by atoms with Crippen LogP contribution in [0.1, 0.15) is 0 Å². The summed E-state index contributed by atoms with van der Waals surface area (Å²) in [5, 5.41) is 9.88. The van der Waals surface area contributed by atoms with E-state index in [4.69, 9.17) is 0 Å². The first kappa shape index (κ1) is 28.4. The van der Waals surface area contributed by atoms with E-state index in [0.717, 1.165) is 22.7 Å². The Hall–Kier alpha value is -6.64. The molecule has 0 spiro atoms. The molecule has 50 heavy (non-hydrogen) atoms. The van der Waals surface area contributed by atoms with E-state index in [2.05, 4.69) is 204 Å². The molecule has 0 N–H and O–H groups in total. The minimum Gasteiger partial charge on any atom is -0.310 e. The van der Waals surface area contributed by atoms with Gasteiger partial charge in [0.2, 0.25) is 0 Å². The zero-order valence-electron chi connectivity index (χ0n) is 27.4. The fraction of sp³-hybridized carbons (Fsp3) is 0. The van der Waals surface area contributed by atoms with Crippen molar-refractivity contribution in [2.75, 3.05) is 4.90 Å². The summed E-state index contributed by atoms with van der Waals surface area (Å²) < 4.78 is 2.39. The molecule has 0 aliphatic heterocycles. The molecule has 1 heterocycles. The number of hydrogen-bond acceptors (Lipinski definition) is 1. The van der Waals surface area contributed by atoms with Gasteiger partial charge in [0.05, 0.1) is 11.0 Å². The van der Waals surface area contributed by atoms with Crippen molar-refractivity contribution < 1.29 is 0 Å². The average Bonchev–Trinajstić information content (AvgIpc) is 3.51. The fourth-order valence-corrected chi connectivity index (χ4v) is 7.64. The lowest BCUT2D eigenvalue weighted by molar-refractivity contribution is 1.18. The van der Waals surface area contributed by atoms with Crippen molar-refractivity contribution in [2.45, 2.75) is 0 Å². The summed E-state index contributed by atoms with van der Waals surface area (Å²) >= 11 is 0. The molecule has 0 saturated carbocycles. The summed E-state index contributed by atoms with van der Waals surface area (Å²) in [4.78, 5) is 2.40. The molecular weight excluding hydrogens is 605 g/mol. The van der Waals surface area contributed by atoms with Crippen molar-refractivity contribution in [1.29, 1.82) is 0 Å². The van der Waals surface area contributed by atoms with Crippen molar-refractivity contribution in [3.8, 4) is 16.8 Å². The minimum absolute atomic E-state index is 1.11. The third-order valence-electron chi connectivity index (χ3n) is 10.1. The molecule has 2 heteroatoms.